The SMILES string of the molecule is Cc1cccc(CSCCNC(=O)CN(c2ccc(Br)c(C)c2)S(C)(=O)=O)c1. The number of thioether (sulfide) groups is 1. The van der Waals surface area contributed by atoms with E-state index in [1.807, 2.05) is 13.0 Å². The highest BCUT2D eigenvalue weighted by atomic mass is 79.9. The number of amides is 1. The average Bonchev–Trinajstić information content (AvgIpc) is 2.61. The molecule has 0 unspecified atom stereocenters. The normalized spacial score (nSPS) is 11.3. The molecule has 0 heterocycles. The number of carbonyl (C=O) groups excluding carboxylic acids is 1. The van der Waals surface area contributed by atoms with Gasteiger partial charge in [0.2, 0.25) is 15.9 Å². The Morgan fingerprint density at radius 2 is 1.93 bits per heavy atom. The summed E-state index contributed by atoms with van der Waals surface area (Å²) >= 11 is 5.13. The van der Waals surface area contributed by atoms with Gasteiger partial charge in [-0.2, -0.15) is 11.8 Å². The van der Waals surface area contributed by atoms with Crippen LogP contribution in [0.3, 0.4) is 0 Å². The van der Waals surface area contributed by atoms with E-state index in [9.17, 15) is 13.2 Å². The Hall–Kier alpha value is -1.51. The van der Waals surface area contributed by atoms with Crippen LogP contribution in [0.4, 0.5) is 5.69 Å². The fraction of sp³-hybridized carbons (Fsp3) is 0.350. The Kier molecular flexibility index (Phi) is 8.39. The van der Waals surface area contributed by atoms with E-state index in [0.29, 0.717) is 12.2 Å². The third-order valence-corrected chi connectivity index (χ3v) is 7.10. The quantitative estimate of drug-likeness (QED) is 0.548. The van der Waals surface area contributed by atoms with Gasteiger partial charge < -0.3 is 5.32 Å². The van der Waals surface area contributed by atoms with Crippen LogP contribution < -0.4 is 9.62 Å². The summed E-state index contributed by atoms with van der Waals surface area (Å²) in [5, 5.41) is 2.80. The molecule has 0 saturated heterocycles. The number of sulfonamides is 1. The van der Waals surface area contributed by atoms with Crippen molar-refractivity contribution in [2.24, 2.45) is 0 Å². The van der Waals surface area contributed by atoms with Crippen molar-refractivity contribution in [1.29, 1.82) is 0 Å². The number of hydrogen-bond acceptors (Lipinski definition) is 4. The van der Waals surface area contributed by atoms with Crippen molar-refractivity contribution in [3.8, 4) is 0 Å². The summed E-state index contributed by atoms with van der Waals surface area (Å²) in [7, 11) is -3.57. The summed E-state index contributed by atoms with van der Waals surface area (Å²) in [5.41, 5.74) is 3.87. The molecule has 0 radical (unpaired) electrons. The van der Waals surface area contributed by atoms with Crippen LogP contribution in [0.2, 0.25) is 0 Å². The van der Waals surface area contributed by atoms with Gasteiger partial charge >= 0.3 is 0 Å². The van der Waals surface area contributed by atoms with Crippen LogP contribution in [0.1, 0.15) is 16.7 Å². The van der Waals surface area contributed by atoms with Crippen LogP contribution in [0, 0.1) is 13.8 Å². The minimum Gasteiger partial charge on any atom is -0.354 e. The number of benzene rings is 2. The van der Waals surface area contributed by atoms with Crippen LogP contribution >= 0.6 is 27.7 Å². The van der Waals surface area contributed by atoms with Crippen molar-refractivity contribution in [2.45, 2.75) is 19.6 Å². The fourth-order valence-electron chi connectivity index (χ4n) is 2.62. The summed E-state index contributed by atoms with van der Waals surface area (Å²) in [6, 6.07) is 13.5. The van der Waals surface area contributed by atoms with Crippen molar-refractivity contribution in [1.82, 2.24) is 5.32 Å². The maximum atomic E-state index is 12.3. The first kappa shape index (κ1) is 22.8. The molecule has 0 aromatic heterocycles. The number of rotatable bonds is 9. The molecule has 152 valence electrons. The molecule has 0 aliphatic rings. The van der Waals surface area contributed by atoms with Crippen LogP contribution in [0.25, 0.3) is 0 Å². The zero-order valence-corrected chi connectivity index (χ0v) is 19.5. The predicted molar refractivity (Wildman–Crippen MR) is 121 cm³/mol. The van der Waals surface area contributed by atoms with Gasteiger partial charge in [0, 0.05) is 22.5 Å². The Bertz CT molecular complexity index is 933. The first-order valence-corrected chi connectivity index (χ1v) is 12.6. The Morgan fingerprint density at radius 3 is 2.57 bits per heavy atom. The summed E-state index contributed by atoms with van der Waals surface area (Å²) in [6.07, 6.45) is 1.11. The Labute approximate surface area is 180 Å². The molecule has 0 fully saturated rings. The number of halogens is 1. The number of hydrogen-bond donors (Lipinski definition) is 1. The molecule has 2 aromatic rings. The van der Waals surface area contributed by atoms with Gasteiger partial charge in [0.05, 0.1) is 11.9 Å². The van der Waals surface area contributed by atoms with Crippen molar-refractivity contribution in [2.75, 3.05) is 29.4 Å². The second-order valence-electron chi connectivity index (χ2n) is 6.59. The second-order valence-corrected chi connectivity index (χ2v) is 10.5. The van der Waals surface area contributed by atoms with Crippen molar-refractivity contribution < 1.29 is 13.2 Å². The van der Waals surface area contributed by atoms with E-state index in [1.54, 1.807) is 30.0 Å². The fourth-order valence-corrected chi connectivity index (χ4v) is 4.53. The van der Waals surface area contributed by atoms with Gasteiger partial charge in [-0.05, 0) is 43.2 Å². The highest BCUT2D eigenvalue weighted by molar-refractivity contribution is 9.10. The molecule has 0 spiro atoms. The highest BCUT2D eigenvalue weighted by Gasteiger charge is 2.21. The first-order chi connectivity index (χ1) is 13.2. The lowest BCUT2D eigenvalue weighted by Gasteiger charge is -2.22. The molecule has 2 aromatic carbocycles. The van der Waals surface area contributed by atoms with Gasteiger partial charge in [-0.3, -0.25) is 9.10 Å². The number of anilines is 1. The van der Waals surface area contributed by atoms with Gasteiger partial charge in [0.15, 0.2) is 0 Å². The lowest BCUT2D eigenvalue weighted by Crippen LogP contribution is -2.41. The molecular formula is C20H25BrN2O3S2. The molecule has 5 nitrogen and oxygen atoms in total. The summed E-state index contributed by atoms with van der Waals surface area (Å²) < 4.78 is 26.3. The van der Waals surface area contributed by atoms with E-state index in [1.165, 1.54) is 11.1 Å². The minimum absolute atomic E-state index is 0.234. The summed E-state index contributed by atoms with van der Waals surface area (Å²) in [6.45, 7) is 4.20. The molecule has 2 rings (SSSR count). The van der Waals surface area contributed by atoms with Gasteiger partial charge in [-0.1, -0.05) is 45.8 Å². The predicted octanol–water partition coefficient (Wildman–Crippen LogP) is 3.88. The standard InChI is InChI=1S/C20H25BrN2O3S2/c1-15-5-4-6-17(11-15)14-27-10-9-22-20(24)13-23(28(3,25)26)18-7-8-19(21)16(2)12-18/h4-8,11-12H,9-10,13-14H2,1-3H3,(H,22,24). The molecular weight excluding hydrogens is 460 g/mol. The lowest BCUT2D eigenvalue weighted by molar-refractivity contribution is -0.119. The van der Waals surface area contributed by atoms with Crippen LogP contribution in [-0.4, -0.2) is 39.4 Å². The average molecular weight is 485 g/mol. The van der Waals surface area contributed by atoms with E-state index in [-0.39, 0.29) is 12.5 Å². The lowest BCUT2D eigenvalue weighted by atomic mass is 10.2. The van der Waals surface area contributed by atoms with Crippen LogP contribution in [0.5, 0.6) is 0 Å². The number of aryl methyl sites for hydroxylation is 2. The second kappa shape index (κ2) is 10.3. The smallest absolute Gasteiger partial charge is 0.240 e. The van der Waals surface area contributed by atoms with Crippen molar-refractivity contribution >= 4 is 49.3 Å². The minimum atomic E-state index is -3.57. The maximum Gasteiger partial charge on any atom is 0.240 e. The summed E-state index contributed by atoms with van der Waals surface area (Å²) in [4.78, 5) is 12.3. The molecule has 0 aliphatic heterocycles. The molecule has 0 bridgehead atoms. The van der Waals surface area contributed by atoms with Gasteiger partial charge in [-0.15, -0.1) is 0 Å². The zero-order chi connectivity index (χ0) is 20.7. The number of carbonyl (C=O) groups is 1. The zero-order valence-electron chi connectivity index (χ0n) is 16.2. The number of nitrogens with one attached hydrogen (secondary N) is 1. The van der Waals surface area contributed by atoms with E-state index in [0.717, 1.165) is 32.1 Å². The third kappa shape index (κ3) is 7.14. The molecule has 1 N–H and O–H groups in total. The maximum absolute atomic E-state index is 12.3. The van der Waals surface area contributed by atoms with Crippen LogP contribution in [0.15, 0.2) is 46.9 Å². The Balaban J connectivity index is 1.85. The van der Waals surface area contributed by atoms with Crippen molar-refractivity contribution in [3.63, 3.8) is 0 Å². The topological polar surface area (TPSA) is 66.5 Å². The molecule has 0 aliphatic carbocycles. The molecule has 28 heavy (non-hydrogen) atoms. The largest absolute Gasteiger partial charge is 0.354 e. The van der Waals surface area contributed by atoms with Gasteiger partial charge in [0.1, 0.15) is 6.54 Å². The highest BCUT2D eigenvalue weighted by Crippen LogP contribution is 2.24. The van der Waals surface area contributed by atoms with E-state index in [2.05, 4.69) is 46.4 Å². The van der Waals surface area contributed by atoms with Gasteiger partial charge in [-0.25, -0.2) is 8.42 Å². The van der Waals surface area contributed by atoms with E-state index in [4.69, 9.17) is 0 Å². The first-order valence-electron chi connectivity index (χ1n) is 8.80. The van der Waals surface area contributed by atoms with Gasteiger partial charge in [0.25, 0.3) is 0 Å². The Morgan fingerprint density at radius 1 is 1.18 bits per heavy atom. The third-order valence-electron chi connectivity index (χ3n) is 4.04. The summed E-state index contributed by atoms with van der Waals surface area (Å²) in [5.74, 6) is 1.32. The molecule has 8 heteroatoms. The van der Waals surface area contributed by atoms with Crippen LogP contribution in [-0.2, 0) is 20.6 Å². The van der Waals surface area contributed by atoms with Crippen molar-refractivity contribution in [3.05, 3.63) is 63.6 Å². The molecule has 0 saturated carbocycles. The monoisotopic (exact) mass is 484 g/mol. The molecule has 1 amide bonds. The number of nitrogens with zero attached hydrogens (tertiary/aromatic N) is 1. The molecule has 0 atom stereocenters. The van der Waals surface area contributed by atoms with E-state index < -0.39 is 10.0 Å². The van der Waals surface area contributed by atoms with E-state index >= 15 is 0 Å².